The second-order valence-corrected chi connectivity index (χ2v) is 31.9. The van der Waals surface area contributed by atoms with Gasteiger partial charge in [-0.1, -0.05) is 60.1 Å². The van der Waals surface area contributed by atoms with Gasteiger partial charge in [0.05, 0.1) is 75.8 Å². The van der Waals surface area contributed by atoms with Crippen molar-refractivity contribution in [1.82, 2.24) is 0 Å². The summed E-state index contributed by atoms with van der Waals surface area (Å²) in [5.41, 5.74) is -2.68. The first-order chi connectivity index (χ1) is 46.9. The number of aliphatic hydroxyl groups excluding tert-OH is 20. The fourth-order valence-electron chi connectivity index (χ4n) is 18.7. The van der Waals surface area contributed by atoms with Crippen LogP contribution in [0.25, 0.3) is 0 Å². The molecule has 0 bridgehead atoms. The summed E-state index contributed by atoms with van der Waals surface area (Å²) in [5.74, 6) is -0.861. The first kappa shape index (κ1) is 80.9. The van der Waals surface area contributed by atoms with Crippen LogP contribution in [-0.2, 0) is 56.8 Å². The van der Waals surface area contributed by atoms with Crippen molar-refractivity contribution in [3.8, 4) is 0 Å². The second kappa shape index (κ2) is 31.6. The lowest BCUT2D eigenvalue weighted by molar-refractivity contribution is -0.391. The summed E-state index contributed by atoms with van der Waals surface area (Å²) in [7, 11) is 0. The third-order valence-corrected chi connectivity index (χ3v) is 25.4. The number of fused-ring (bicyclic) bond motifs is 5. The van der Waals surface area contributed by atoms with E-state index in [1.54, 1.807) is 6.92 Å². The molecule has 33 heteroatoms. The average Bonchev–Trinajstić information content (AvgIpc) is 1.33. The van der Waals surface area contributed by atoms with Crippen LogP contribution in [0.4, 0.5) is 0 Å². The molecule has 40 atom stereocenters. The van der Waals surface area contributed by atoms with Crippen LogP contribution >= 0.6 is 0 Å². The van der Waals surface area contributed by atoms with Crippen LogP contribution in [0.2, 0.25) is 0 Å². The predicted octanol–water partition coefficient (Wildman–Crippen LogP) is -6.31. The Bertz CT molecular complexity index is 2670. The summed E-state index contributed by atoms with van der Waals surface area (Å²) in [6.45, 7) is 13.3. The van der Waals surface area contributed by atoms with Gasteiger partial charge in [0.15, 0.2) is 37.7 Å². The molecule has 3 saturated carbocycles. The van der Waals surface area contributed by atoms with Crippen molar-refractivity contribution in [2.75, 3.05) is 39.6 Å². The molecule has 21 N–H and O–H groups in total. The molecule has 4 aliphatic carbocycles. The highest BCUT2D eigenvalue weighted by Crippen LogP contribution is 2.75. The van der Waals surface area contributed by atoms with E-state index in [1.165, 1.54) is 13.8 Å². The van der Waals surface area contributed by atoms with Crippen molar-refractivity contribution in [2.24, 2.45) is 51.2 Å². The number of hydrogen-bond acceptors (Lipinski definition) is 33. The van der Waals surface area contributed by atoms with Gasteiger partial charge in [-0.2, -0.15) is 0 Å². The first-order valence-electron chi connectivity index (χ1n) is 35.4. The molecule has 6 saturated heterocycles. The van der Waals surface area contributed by atoms with Gasteiger partial charge in [-0.25, -0.2) is 0 Å². The minimum Gasteiger partial charge on any atom is -0.394 e. The maximum atomic E-state index is 12.9. The molecule has 10 aliphatic rings. The topological polar surface area (TPSA) is 536 Å². The maximum absolute atomic E-state index is 12.9. The van der Waals surface area contributed by atoms with Crippen LogP contribution < -0.4 is 0 Å². The van der Waals surface area contributed by atoms with E-state index >= 15 is 0 Å². The summed E-state index contributed by atoms with van der Waals surface area (Å²) in [6.07, 6.45) is -45.0. The summed E-state index contributed by atoms with van der Waals surface area (Å²) in [4.78, 5) is 0. The molecule has 100 heavy (non-hydrogen) atoms. The zero-order valence-corrected chi connectivity index (χ0v) is 58.1. The highest BCUT2D eigenvalue weighted by atomic mass is 16.8. The van der Waals surface area contributed by atoms with Crippen molar-refractivity contribution >= 4 is 0 Å². The fraction of sp³-hybridized carbons (Fsp3) is 0.970. The van der Waals surface area contributed by atoms with Gasteiger partial charge in [0, 0.05) is 16.7 Å². The monoisotopic (exact) mass is 1450 g/mol. The van der Waals surface area contributed by atoms with E-state index in [9.17, 15) is 107 Å². The second-order valence-electron chi connectivity index (χ2n) is 31.9. The van der Waals surface area contributed by atoms with Crippen LogP contribution in [0.5, 0.6) is 0 Å². The minimum absolute atomic E-state index is 0.00284. The van der Waals surface area contributed by atoms with E-state index in [-0.39, 0.29) is 35.5 Å². The maximum Gasteiger partial charge on any atom is 0.187 e. The van der Waals surface area contributed by atoms with E-state index in [2.05, 4.69) is 33.8 Å². The molecular weight excluding hydrogens is 1330 g/mol. The third kappa shape index (κ3) is 14.8. The lowest BCUT2D eigenvalue weighted by atomic mass is 9.38. The van der Waals surface area contributed by atoms with Crippen LogP contribution in [0.15, 0.2) is 11.6 Å². The Balaban J connectivity index is 0.831. The molecule has 6 heterocycles. The Hall–Kier alpha value is -1.58. The Morgan fingerprint density at radius 1 is 0.480 bits per heavy atom. The molecule has 0 radical (unpaired) electrons. The Morgan fingerprint density at radius 3 is 1.47 bits per heavy atom. The highest BCUT2D eigenvalue weighted by Gasteiger charge is 2.71. The van der Waals surface area contributed by atoms with Crippen LogP contribution in [0.3, 0.4) is 0 Å². The molecule has 10 rings (SSSR count). The Kier molecular flexibility index (Phi) is 25.5. The average molecular weight is 1450 g/mol. The van der Waals surface area contributed by atoms with E-state index in [0.717, 1.165) is 18.4 Å². The smallest absolute Gasteiger partial charge is 0.187 e. The van der Waals surface area contributed by atoms with Gasteiger partial charge in [-0.15, -0.1) is 0 Å². The van der Waals surface area contributed by atoms with Gasteiger partial charge in [0.2, 0.25) is 0 Å². The molecule has 0 spiro atoms. The number of rotatable bonds is 23. The van der Waals surface area contributed by atoms with Gasteiger partial charge < -0.3 is 164 Å². The molecule has 0 amide bonds. The summed E-state index contributed by atoms with van der Waals surface area (Å²) in [5, 5.41) is 230. The van der Waals surface area contributed by atoms with Crippen molar-refractivity contribution < 1.29 is 164 Å². The molecule has 6 aliphatic heterocycles. The van der Waals surface area contributed by atoms with Crippen molar-refractivity contribution in [1.29, 1.82) is 0 Å². The third-order valence-electron chi connectivity index (χ3n) is 25.4. The van der Waals surface area contributed by atoms with E-state index in [1.807, 2.05) is 13.8 Å². The van der Waals surface area contributed by atoms with E-state index in [0.29, 0.717) is 32.1 Å². The molecule has 0 aromatic rings. The van der Waals surface area contributed by atoms with E-state index < -0.39 is 264 Å². The summed E-state index contributed by atoms with van der Waals surface area (Å²) >= 11 is 0. The molecule has 0 unspecified atom stereocenters. The lowest BCUT2D eigenvalue weighted by Gasteiger charge is -2.67. The van der Waals surface area contributed by atoms with Crippen LogP contribution in [-0.4, -0.2) is 349 Å². The largest absolute Gasteiger partial charge is 0.394 e. The van der Waals surface area contributed by atoms with Crippen LogP contribution in [0, 0.1) is 51.2 Å². The predicted molar refractivity (Wildman–Crippen MR) is 336 cm³/mol. The molecule has 9 fully saturated rings. The van der Waals surface area contributed by atoms with Gasteiger partial charge in [0.1, 0.15) is 128 Å². The number of allylic oxidation sites excluding steroid dienone is 1. The Labute approximate surface area is 580 Å². The van der Waals surface area contributed by atoms with Crippen molar-refractivity contribution in [2.45, 2.75) is 316 Å². The van der Waals surface area contributed by atoms with Crippen molar-refractivity contribution in [3.63, 3.8) is 0 Å². The zero-order chi connectivity index (χ0) is 73.5. The molecule has 0 aromatic carbocycles. The van der Waals surface area contributed by atoms with Gasteiger partial charge in [-0.3, -0.25) is 0 Å². The minimum atomic E-state index is -2.12. The zero-order valence-electron chi connectivity index (χ0n) is 58.1. The molecule has 580 valence electrons. The summed E-state index contributed by atoms with van der Waals surface area (Å²) in [6, 6.07) is 0. The summed E-state index contributed by atoms with van der Waals surface area (Å²) < 4.78 is 71.7. The van der Waals surface area contributed by atoms with E-state index in [4.69, 9.17) is 56.8 Å². The van der Waals surface area contributed by atoms with Crippen molar-refractivity contribution in [3.05, 3.63) is 11.6 Å². The van der Waals surface area contributed by atoms with Gasteiger partial charge in [0.25, 0.3) is 0 Å². The SMILES string of the molecule is C[C@H]1[C@H](O)[C@@H](O)[C@H](OC[C@H]2O[C@@H](O[C@H](CC[C@@H](C)[C@H]3CC[C@@]4(C)[C@@H]5CC=C6[C@@H](CC[C@H](O[C@@H]7O[C@H](CO[C@@H]8O[C@H](CO)[C@@H](O)[C@H](O)[C@H]8O)[C@@H](O)[C@H](O)[C@H]7O)C6(C)C)[C@]5(C)[C@H](O)C[C@]34C)C(C)(C)O)[C@H](O[C@@H]3O[C@H](CO)[C@@H](O[C@@H]4O[C@H](CO)[C@@H](O)[C@H](O)[C@H]4O)[C@H](O)[C@H]3O)[C@@H](O)[C@@H]2O)O[C@@H]1CO. The standard InChI is InChI=1S/C67H114O33/c1-25(27-16-17-65(7)36-13-11-28-29(67(36,9)37(72)18-66(27,65)8)12-15-38(63(28,3)4)97-59-52(85)47(80)43(76)34(95-59)23-90-58-51(84)45(78)41(74)31(20-69)92-58)10-14-39(64(5,6)88)98-62-56(48(81)44(77)35(96-62)24-89-57-50(83)40(73)26(2)30(19-68)91-57)100-61-54(87)49(82)55(33(22-71)94-61)99-60-53(86)46(79)42(75)32(21-70)93-60/h11,25-27,29-62,68-88H,10,12-24H2,1-9H3/t25-,26-,27-,29-,30-,31-,32-,33-,34-,35-,36+,37-,38+,39-,40+,41-,42-,43-,44-,45+,46+,47+,48+,49-,50-,51-,52-,53-,54-,55-,56-,57-,58-,59+,60+,61+,62+,65+,66-,67+/m1/s1. The lowest BCUT2D eigenvalue weighted by Crippen LogP contribution is -2.67. The fourth-order valence-corrected chi connectivity index (χ4v) is 18.7. The number of aliphatic hydroxyl groups is 21. The molecule has 0 aromatic heterocycles. The van der Waals surface area contributed by atoms with Crippen LogP contribution in [0.1, 0.15) is 114 Å². The molecule has 33 nitrogen and oxygen atoms in total. The number of ether oxygens (including phenoxy) is 12. The van der Waals surface area contributed by atoms with Gasteiger partial charge >= 0.3 is 0 Å². The number of hydrogen-bond donors (Lipinski definition) is 21. The normalized spacial score (nSPS) is 52.1. The molecular formula is C67H114O33. The first-order valence-corrected chi connectivity index (χ1v) is 35.4. The highest BCUT2D eigenvalue weighted by molar-refractivity contribution is 5.32. The Morgan fingerprint density at radius 2 is 0.920 bits per heavy atom. The van der Waals surface area contributed by atoms with Gasteiger partial charge in [-0.05, 0) is 99.7 Å². The quantitative estimate of drug-likeness (QED) is 0.0423.